The minimum atomic E-state index is -0.477. The number of anilines is 1. The van der Waals surface area contributed by atoms with Crippen LogP contribution in [0.4, 0.5) is 10.7 Å². The van der Waals surface area contributed by atoms with Crippen LogP contribution in [0, 0.1) is 0 Å². The molecule has 30 heavy (non-hydrogen) atoms. The van der Waals surface area contributed by atoms with Gasteiger partial charge < -0.3 is 24.8 Å². The first-order valence-electron chi connectivity index (χ1n) is 10.2. The van der Waals surface area contributed by atoms with E-state index < -0.39 is 12.2 Å². The van der Waals surface area contributed by atoms with Crippen molar-refractivity contribution in [1.82, 2.24) is 15.3 Å². The number of rotatable bonds is 5. The summed E-state index contributed by atoms with van der Waals surface area (Å²) in [5.74, 6) is 0.547. The quantitative estimate of drug-likeness (QED) is 0.780. The third-order valence-electron chi connectivity index (χ3n) is 5.28. The molecular weight excluding hydrogens is 384 g/mol. The summed E-state index contributed by atoms with van der Waals surface area (Å²) in [6.07, 6.45) is 0.296. The minimum Gasteiger partial charge on any atom is -0.441 e. The average molecular weight is 412 g/mol. The molecule has 2 aliphatic heterocycles. The number of nitrogens with one attached hydrogen (secondary N) is 2. The number of benzene rings is 1. The first-order chi connectivity index (χ1) is 14.4. The molecule has 2 saturated heterocycles. The molecule has 4 unspecified atom stereocenters. The standard InChI is InChI=1S/C22H28N4O4/c1-22(2,3)17-9-10-23-20(26-17)25-15-12-28-19-16(13-29-18(15)19)30-21(27)24-11-14-7-5-4-6-8-14/h4-10,15-16,18-19H,11-13H2,1-3H3,(H,24,27)(H,23,25,26). The van der Waals surface area contributed by atoms with Gasteiger partial charge in [0.25, 0.3) is 0 Å². The third kappa shape index (κ3) is 4.71. The highest BCUT2D eigenvalue weighted by molar-refractivity contribution is 5.67. The van der Waals surface area contributed by atoms with Crippen molar-refractivity contribution in [3.63, 3.8) is 0 Å². The van der Waals surface area contributed by atoms with Crippen molar-refractivity contribution in [3.8, 4) is 0 Å². The lowest BCUT2D eigenvalue weighted by Crippen LogP contribution is -2.39. The van der Waals surface area contributed by atoms with E-state index in [2.05, 4.69) is 41.4 Å². The molecule has 0 saturated carbocycles. The molecule has 2 N–H and O–H groups in total. The summed E-state index contributed by atoms with van der Waals surface area (Å²) < 4.78 is 17.3. The molecule has 1 amide bonds. The molecule has 3 heterocycles. The fourth-order valence-corrected chi connectivity index (χ4v) is 3.65. The van der Waals surface area contributed by atoms with Crippen molar-refractivity contribution in [1.29, 1.82) is 0 Å². The van der Waals surface area contributed by atoms with Crippen LogP contribution in [0.3, 0.4) is 0 Å². The summed E-state index contributed by atoms with van der Waals surface area (Å²) in [6.45, 7) is 7.48. The van der Waals surface area contributed by atoms with Crippen molar-refractivity contribution in [2.45, 2.75) is 57.1 Å². The number of aromatic nitrogens is 2. The molecular formula is C22H28N4O4. The predicted molar refractivity (Wildman–Crippen MR) is 111 cm³/mol. The van der Waals surface area contributed by atoms with Crippen LogP contribution in [-0.2, 0) is 26.2 Å². The highest BCUT2D eigenvalue weighted by atomic mass is 16.6. The van der Waals surface area contributed by atoms with Gasteiger partial charge in [0.15, 0.2) is 6.10 Å². The Morgan fingerprint density at radius 1 is 1.13 bits per heavy atom. The van der Waals surface area contributed by atoms with Crippen LogP contribution in [-0.4, -0.2) is 53.6 Å². The minimum absolute atomic E-state index is 0.0655. The summed E-state index contributed by atoms with van der Waals surface area (Å²) in [5, 5.41) is 6.09. The molecule has 2 fully saturated rings. The summed E-state index contributed by atoms with van der Waals surface area (Å²) in [4.78, 5) is 21.1. The Kier molecular flexibility index (Phi) is 5.87. The number of fused-ring (bicyclic) bond motifs is 1. The molecule has 160 valence electrons. The number of nitrogens with zero attached hydrogens (tertiary/aromatic N) is 2. The Balaban J connectivity index is 1.31. The second-order valence-electron chi connectivity index (χ2n) is 8.65. The fourth-order valence-electron chi connectivity index (χ4n) is 3.65. The van der Waals surface area contributed by atoms with E-state index in [4.69, 9.17) is 14.2 Å². The second-order valence-corrected chi connectivity index (χ2v) is 8.65. The number of ether oxygens (including phenoxy) is 3. The normalized spacial score (nSPS) is 25.6. The molecule has 8 nitrogen and oxygen atoms in total. The second kappa shape index (κ2) is 8.57. The lowest BCUT2D eigenvalue weighted by Gasteiger charge is -2.20. The molecule has 4 rings (SSSR count). The van der Waals surface area contributed by atoms with Gasteiger partial charge in [0.05, 0.1) is 24.9 Å². The Labute approximate surface area is 176 Å². The monoisotopic (exact) mass is 412 g/mol. The van der Waals surface area contributed by atoms with Crippen LogP contribution < -0.4 is 10.6 Å². The molecule has 8 heteroatoms. The zero-order chi connectivity index (χ0) is 21.1. The Bertz CT molecular complexity index is 871. The Morgan fingerprint density at radius 3 is 2.67 bits per heavy atom. The lowest BCUT2D eigenvalue weighted by molar-refractivity contribution is 0.00431. The van der Waals surface area contributed by atoms with Crippen molar-refractivity contribution in [2.24, 2.45) is 0 Å². The number of carbonyl (C=O) groups excluding carboxylic acids is 1. The molecule has 2 aliphatic rings. The average Bonchev–Trinajstić information content (AvgIpc) is 3.30. The van der Waals surface area contributed by atoms with E-state index in [0.717, 1.165) is 11.3 Å². The maximum absolute atomic E-state index is 12.2. The van der Waals surface area contributed by atoms with Crippen LogP contribution >= 0.6 is 0 Å². The first-order valence-corrected chi connectivity index (χ1v) is 10.2. The first kappa shape index (κ1) is 20.6. The zero-order valence-electron chi connectivity index (χ0n) is 17.5. The largest absolute Gasteiger partial charge is 0.441 e. The van der Waals surface area contributed by atoms with Gasteiger partial charge in [-0.25, -0.2) is 14.8 Å². The molecule has 2 aromatic rings. The summed E-state index contributed by atoms with van der Waals surface area (Å²) in [5.41, 5.74) is 1.90. The van der Waals surface area contributed by atoms with Gasteiger partial charge >= 0.3 is 6.09 Å². The van der Waals surface area contributed by atoms with Gasteiger partial charge in [-0.1, -0.05) is 51.1 Å². The molecule has 0 radical (unpaired) electrons. The van der Waals surface area contributed by atoms with Crippen LogP contribution in [0.2, 0.25) is 0 Å². The van der Waals surface area contributed by atoms with E-state index in [1.165, 1.54) is 0 Å². The zero-order valence-corrected chi connectivity index (χ0v) is 17.5. The van der Waals surface area contributed by atoms with Crippen LogP contribution in [0.15, 0.2) is 42.6 Å². The number of alkyl carbamates (subject to hydrolysis) is 1. The van der Waals surface area contributed by atoms with Gasteiger partial charge in [0, 0.05) is 18.2 Å². The Hall–Kier alpha value is -2.71. The molecule has 0 spiro atoms. The van der Waals surface area contributed by atoms with Gasteiger partial charge in [0.2, 0.25) is 5.95 Å². The van der Waals surface area contributed by atoms with Gasteiger partial charge in [-0.3, -0.25) is 0 Å². The summed E-state index contributed by atoms with van der Waals surface area (Å²) in [6, 6.07) is 11.5. The summed E-state index contributed by atoms with van der Waals surface area (Å²) in [7, 11) is 0. The number of hydrogen-bond donors (Lipinski definition) is 2. The van der Waals surface area contributed by atoms with Crippen LogP contribution in [0.25, 0.3) is 0 Å². The van der Waals surface area contributed by atoms with Gasteiger partial charge in [-0.2, -0.15) is 0 Å². The van der Waals surface area contributed by atoms with E-state index in [0.29, 0.717) is 25.7 Å². The molecule has 4 atom stereocenters. The molecule has 0 aliphatic carbocycles. The van der Waals surface area contributed by atoms with E-state index in [1.807, 2.05) is 36.4 Å². The van der Waals surface area contributed by atoms with E-state index in [1.54, 1.807) is 6.20 Å². The number of amides is 1. The topological polar surface area (TPSA) is 94.6 Å². The van der Waals surface area contributed by atoms with E-state index in [-0.39, 0.29) is 23.7 Å². The predicted octanol–water partition coefficient (Wildman–Crippen LogP) is 2.65. The summed E-state index contributed by atoms with van der Waals surface area (Å²) >= 11 is 0. The third-order valence-corrected chi connectivity index (χ3v) is 5.28. The van der Waals surface area contributed by atoms with Crippen molar-refractivity contribution in [3.05, 3.63) is 53.9 Å². The van der Waals surface area contributed by atoms with Crippen molar-refractivity contribution >= 4 is 12.0 Å². The highest BCUT2D eigenvalue weighted by Gasteiger charge is 2.49. The van der Waals surface area contributed by atoms with E-state index >= 15 is 0 Å². The number of carbonyl (C=O) groups is 1. The lowest BCUT2D eigenvalue weighted by atomic mass is 9.92. The smallest absolute Gasteiger partial charge is 0.407 e. The molecule has 1 aromatic carbocycles. The van der Waals surface area contributed by atoms with Crippen LogP contribution in [0.1, 0.15) is 32.0 Å². The van der Waals surface area contributed by atoms with Gasteiger partial charge in [-0.05, 0) is 11.6 Å². The van der Waals surface area contributed by atoms with Gasteiger partial charge in [-0.15, -0.1) is 0 Å². The number of hydrogen-bond acceptors (Lipinski definition) is 7. The molecule has 1 aromatic heterocycles. The maximum Gasteiger partial charge on any atom is 0.407 e. The van der Waals surface area contributed by atoms with Crippen molar-refractivity contribution in [2.75, 3.05) is 18.5 Å². The SMILES string of the molecule is CC(C)(C)c1ccnc(NC2COC3C(OC(=O)NCc4ccccc4)COC23)n1. The van der Waals surface area contributed by atoms with Crippen molar-refractivity contribution < 1.29 is 19.0 Å². The van der Waals surface area contributed by atoms with Gasteiger partial charge in [0.1, 0.15) is 12.2 Å². The van der Waals surface area contributed by atoms with E-state index in [9.17, 15) is 4.79 Å². The fraction of sp³-hybridized carbons (Fsp3) is 0.500. The van der Waals surface area contributed by atoms with Crippen LogP contribution in [0.5, 0.6) is 0 Å². The highest BCUT2D eigenvalue weighted by Crippen LogP contribution is 2.30. The Morgan fingerprint density at radius 2 is 1.90 bits per heavy atom. The maximum atomic E-state index is 12.2. The molecule has 0 bridgehead atoms.